The van der Waals surface area contributed by atoms with Crippen LogP contribution in [0, 0.1) is 13.8 Å². The van der Waals surface area contributed by atoms with Crippen LogP contribution in [-0.4, -0.2) is 38.9 Å². The monoisotopic (exact) mass is 388 g/mol. The number of fused-ring (bicyclic) bond motifs is 2. The summed E-state index contributed by atoms with van der Waals surface area (Å²) in [5.74, 6) is -0.0760. The van der Waals surface area contributed by atoms with E-state index in [4.69, 9.17) is 4.74 Å². The molecule has 6 heteroatoms. The lowest BCUT2D eigenvalue weighted by Crippen LogP contribution is -2.48. The van der Waals surface area contributed by atoms with Gasteiger partial charge < -0.3 is 9.64 Å². The highest BCUT2D eigenvalue weighted by molar-refractivity contribution is 5.93. The van der Waals surface area contributed by atoms with E-state index in [1.54, 1.807) is 4.68 Å². The maximum atomic E-state index is 13.3. The van der Waals surface area contributed by atoms with Crippen molar-refractivity contribution in [3.05, 3.63) is 76.6 Å². The number of carbonyl (C=O) groups is 1. The maximum Gasteiger partial charge on any atom is 0.276 e. The number of hydrogen-bond acceptors (Lipinski definition) is 4. The Morgan fingerprint density at radius 2 is 1.90 bits per heavy atom. The van der Waals surface area contributed by atoms with Gasteiger partial charge in [0.1, 0.15) is 5.60 Å². The van der Waals surface area contributed by atoms with Gasteiger partial charge in [0.05, 0.1) is 24.5 Å². The zero-order valence-electron chi connectivity index (χ0n) is 16.8. The summed E-state index contributed by atoms with van der Waals surface area (Å²) in [6.07, 6.45) is 1.84. The van der Waals surface area contributed by atoms with Crippen molar-refractivity contribution in [2.24, 2.45) is 0 Å². The first-order valence-electron chi connectivity index (χ1n) is 10.1. The minimum atomic E-state index is -0.397. The van der Waals surface area contributed by atoms with Crippen LogP contribution in [0.25, 0.3) is 5.69 Å². The van der Waals surface area contributed by atoms with E-state index in [1.807, 2.05) is 55.1 Å². The summed E-state index contributed by atoms with van der Waals surface area (Å²) in [5.41, 5.74) is 5.30. The molecule has 0 aliphatic carbocycles. The molecule has 1 unspecified atom stereocenters. The van der Waals surface area contributed by atoms with Crippen LogP contribution in [0.1, 0.15) is 45.7 Å². The zero-order chi connectivity index (χ0) is 20.0. The number of benzene rings is 2. The molecule has 1 fully saturated rings. The normalized spacial score (nSPS) is 20.8. The van der Waals surface area contributed by atoms with Crippen molar-refractivity contribution in [1.29, 1.82) is 0 Å². The van der Waals surface area contributed by atoms with Crippen LogP contribution in [0.15, 0.2) is 48.5 Å². The number of piperidine rings is 1. The van der Waals surface area contributed by atoms with Crippen molar-refractivity contribution in [3.8, 4) is 5.69 Å². The summed E-state index contributed by atoms with van der Waals surface area (Å²) in [6.45, 7) is 5.82. The minimum Gasteiger partial charge on any atom is -0.364 e. The molecule has 3 aromatic rings. The first-order chi connectivity index (χ1) is 14.1. The van der Waals surface area contributed by atoms with E-state index in [9.17, 15) is 4.79 Å². The standard InChI is InChI=1S/C23H24N4O2/c1-16-8-10-19(11-9-16)27-17(2)21(24-25-27)22(28)26-13-5-12-23(15-26)20-7-4-3-6-18(20)14-29-23/h3-4,6-11H,5,12-15H2,1-2H3. The Hall–Kier alpha value is -2.99. The molecule has 3 heterocycles. The highest BCUT2D eigenvalue weighted by Gasteiger charge is 2.44. The molecule has 1 amide bonds. The lowest BCUT2D eigenvalue weighted by atomic mass is 9.85. The molecule has 1 spiro atoms. The average molecular weight is 388 g/mol. The Morgan fingerprint density at radius 1 is 1.10 bits per heavy atom. The van der Waals surface area contributed by atoms with Crippen LogP contribution in [0.4, 0.5) is 0 Å². The van der Waals surface area contributed by atoms with Crippen molar-refractivity contribution in [3.63, 3.8) is 0 Å². The Labute approximate surface area is 170 Å². The summed E-state index contributed by atoms with van der Waals surface area (Å²) in [7, 11) is 0. The first-order valence-corrected chi connectivity index (χ1v) is 10.1. The van der Waals surface area contributed by atoms with E-state index in [2.05, 4.69) is 22.4 Å². The van der Waals surface area contributed by atoms with Gasteiger partial charge in [0.2, 0.25) is 0 Å². The Balaban J connectivity index is 1.42. The summed E-state index contributed by atoms with van der Waals surface area (Å²) in [4.78, 5) is 15.2. The number of likely N-dealkylation sites (tertiary alicyclic amines) is 1. The van der Waals surface area contributed by atoms with Crippen LogP contribution < -0.4 is 0 Å². The summed E-state index contributed by atoms with van der Waals surface area (Å²) < 4.78 is 7.98. The van der Waals surface area contributed by atoms with Gasteiger partial charge in [-0.05, 0) is 49.9 Å². The minimum absolute atomic E-state index is 0.0760. The smallest absolute Gasteiger partial charge is 0.276 e. The average Bonchev–Trinajstić information content (AvgIpc) is 3.30. The van der Waals surface area contributed by atoms with E-state index in [-0.39, 0.29) is 5.91 Å². The predicted octanol–water partition coefficient (Wildman–Crippen LogP) is 3.55. The van der Waals surface area contributed by atoms with Gasteiger partial charge >= 0.3 is 0 Å². The van der Waals surface area contributed by atoms with Crippen LogP contribution in [0.2, 0.25) is 0 Å². The van der Waals surface area contributed by atoms with Crippen LogP contribution in [0.3, 0.4) is 0 Å². The lowest BCUT2D eigenvalue weighted by Gasteiger charge is -2.40. The third kappa shape index (κ3) is 2.95. The third-order valence-corrected chi connectivity index (χ3v) is 6.13. The number of nitrogens with zero attached hydrogens (tertiary/aromatic N) is 4. The number of ether oxygens (including phenoxy) is 1. The topological polar surface area (TPSA) is 60.2 Å². The number of hydrogen-bond donors (Lipinski definition) is 0. The summed E-state index contributed by atoms with van der Waals surface area (Å²) in [5, 5.41) is 8.47. The van der Waals surface area contributed by atoms with Gasteiger partial charge in [0, 0.05) is 6.54 Å². The molecule has 5 rings (SSSR count). The highest BCUT2D eigenvalue weighted by atomic mass is 16.5. The molecule has 0 radical (unpaired) electrons. The molecule has 0 bridgehead atoms. The van der Waals surface area contributed by atoms with Gasteiger partial charge in [-0.2, -0.15) is 0 Å². The molecule has 2 aromatic carbocycles. The van der Waals surface area contributed by atoms with Crippen molar-refractivity contribution in [2.45, 2.75) is 38.9 Å². The number of rotatable bonds is 2. The maximum absolute atomic E-state index is 13.3. The molecule has 0 saturated carbocycles. The molecule has 1 aromatic heterocycles. The quantitative estimate of drug-likeness (QED) is 0.674. The second kappa shape index (κ2) is 6.81. The predicted molar refractivity (Wildman–Crippen MR) is 109 cm³/mol. The molecule has 6 nitrogen and oxygen atoms in total. The van der Waals surface area contributed by atoms with Gasteiger partial charge in [-0.15, -0.1) is 5.10 Å². The number of aryl methyl sites for hydroxylation is 1. The van der Waals surface area contributed by atoms with Crippen molar-refractivity contribution < 1.29 is 9.53 Å². The van der Waals surface area contributed by atoms with Gasteiger partial charge in [0.25, 0.3) is 5.91 Å². The Bertz CT molecular complexity index is 1070. The fourth-order valence-corrected chi connectivity index (χ4v) is 4.52. The second-order valence-corrected chi connectivity index (χ2v) is 8.04. The van der Waals surface area contributed by atoms with Crippen LogP contribution >= 0.6 is 0 Å². The molecule has 2 aliphatic rings. The molecule has 2 aliphatic heterocycles. The number of amides is 1. The van der Waals surface area contributed by atoms with E-state index in [0.29, 0.717) is 25.4 Å². The second-order valence-electron chi connectivity index (χ2n) is 8.04. The molecule has 148 valence electrons. The zero-order valence-corrected chi connectivity index (χ0v) is 16.8. The van der Waals surface area contributed by atoms with Crippen molar-refractivity contribution in [1.82, 2.24) is 19.9 Å². The van der Waals surface area contributed by atoms with Crippen LogP contribution in [-0.2, 0) is 16.9 Å². The lowest BCUT2D eigenvalue weighted by molar-refractivity contribution is -0.0786. The largest absolute Gasteiger partial charge is 0.364 e. The van der Waals surface area contributed by atoms with Gasteiger partial charge in [-0.25, -0.2) is 4.68 Å². The molecule has 1 saturated heterocycles. The molecular weight excluding hydrogens is 364 g/mol. The number of aromatic nitrogens is 3. The van der Waals surface area contributed by atoms with E-state index in [1.165, 1.54) is 16.7 Å². The molecular formula is C23H24N4O2. The summed E-state index contributed by atoms with van der Waals surface area (Å²) >= 11 is 0. The van der Waals surface area contributed by atoms with Gasteiger partial charge in [-0.1, -0.05) is 47.2 Å². The van der Waals surface area contributed by atoms with Crippen molar-refractivity contribution >= 4 is 5.91 Å². The first kappa shape index (κ1) is 18.1. The van der Waals surface area contributed by atoms with Gasteiger partial charge in [0.15, 0.2) is 5.69 Å². The van der Waals surface area contributed by atoms with Crippen LogP contribution in [0.5, 0.6) is 0 Å². The Kier molecular flexibility index (Phi) is 4.24. The molecule has 29 heavy (non-hydrogen) atoms. The molecule has 1 atom stereocenters. The van der Waals surface area contributed by atoms with E-state index >= 15 is 0 Å². The fraction of sp³-hybridized carbons (Fsp3) is 0.348. The molecule has 0 N–H and O–H groups in total. The Morgan fingerprint density at radius 3 is 2.72 bits per heavy atom. The SMILES string of the molecule is Cc1ccc(-n2nnc(C(=O)N3CCCC4(C3)OCc3ccccc34)c2C)cc1. The number of carbonyl (C=O) groups excluding carboxylic acids is 1. The highest BCUT2D eigenvalue weighted by Crippen LogP contribution is 2.43. The fourth-order valence-electron chi connectivity index (χ4n) is 4.52. The third-order valence-electron chi connectivity index (χ3n) is 6.13. The van der Waals surface area contributed by atoms with E-state index < -0.39 is 5.60 Å². The van der Waals surface area contributed by atoms with E-state index in [0.717, 1.165) is 24.2 Å². The van der Waals surface area contributed by atoms with Crippen molar-refractivity contribution in [2.75, 3.05) is 13.1 Å². The summed E-state index contributed by atoms with van der Waals surface area (Å²) in [6, 6.07) is 16.4. The van der Waals surface area contributed by atoms with Gasteiger partial charge in [-0.3, -0.25) is 4.79 Å².